The van der Waals surface area contributed by atoms with Crippen LogP contribution in [0.3, 0.4) is 0 Å². The van der Waals surface area contributed by atoms with E-state index in [4.69, 9.17) is 4.74 Å². The van der Waals surface area contributed by atoms with Crippen molar-refractivity contribution < 1.29 is 49.8 Å². The number of nitrogens with zero attached hydrogens (tertiary/aromatic N) is 1. The van der Waals surface area contributed by atoms with Crippen LogP contribution < -0.4 is 0 Å². The minimum atomic E-state index is -4.87. The fourth-order valence-electron chi connectivity index (χ4n) is 6.61. The van der Waals surface area contributed by atoms with E-state index in [2.05, 4.69) is 4.74 Å². The fourth-order valence-corrected chi connectivity index (χ4v) is 6.61. The van der Waals surface area contributed by atoms with Crippen molar-refractivity contribution in [1.29, 1.82) is 0 Å². The van der Waals surface area contributed by atoms with E-state index >= 15 is 4.39 Å². The van der Waals surface area contributed by atoms with Crippen LogP contribution in [0.25, 0.3) is 16.7 Å². The number of rotatable bonds is 6. The van der Waals surface area contributed by atoms with Crippen LogP contribution >= 0.6 is 0 Å². The molecule has 0 unspecified atom stereocenters. The van der Waals surface area contributed by atoms with Crippen LogP contribution in [0.1, 0.15) is 84.3 Å². The molecular formula is C36H34F7NO4. The van der Waals surface area contributed by atoms with Gasteiger partial charge in [0.1, 0.15) is 11.9 Å². The number of halogens is 7. The van der Waals surface area contributed by atoms with E-state index in [-0.39, 0.29) is 34.2 Å². The van der Waals surface area contributed by atoms with Crippen LogP contribution in [0.4, 0.5) is 35.5 Å². The number of esters is 1. The summed E-state index contributed by atoms with van der Waals surface area (Å²) in [7, 11) is 1.05. The van der Waals surface area contributed by atoms with Crippen LogP contribution in [0, 0.1) is 18.2 Å². The van der Waals surface area contributed by atoms with Crippen LogP contribution in [0.2, 0.25) is 0 Å². The first-order valence-corrected chi connectivity index (χ1v) is 15.3. The molecular weight excluding hydrogens is 643 g/mol. The van der Waals surface area contributed by atoms with Crippen molar-refractivity contribution in [3.63, 3.8) is 0 Å². The number of ether oxygens (including phenoxy) is 2. The van der Waals surface area contributed by atoms with Gasteiger partial charge >= 0.3 is 24.4 Å². The van der Waals surface area contributed by atoms with E-state index in [1.54, 1.807) is 13.0 Å². The van der Waals surface area contributed by atoms with Crippen molar-refractivity contribution in [2.75, 3.05) is 13.7 Å². The maximum Gasteiger partial charge on any atom is 0.417 e. The van der Waals surface area contributed by atoms with E-state index in [0.717, 1.165) is 36.9 Å². The number of carbonyl (C=O) groups is 2. The summed E-state index contributed by atoms with van der Waals surface area (Å²) in [6, 6.07) is 9.49. The molecule has 5 nitrogen and oxygen atoms in total. The van der Waals surface area contributed by atoms with Gasteiger partial charge in [0.15, 0.2) is 0 Å². The minimum absolute atomic E-state index is 0.0285. The summed E-state index contributed by atoms with van der Waals surface area (Å²) in [6.45, 7) is 7.28. The van der Waals surface area contributed by atoms with Gasteiger partial charge in [-0.3, -0.25) is 4.90 Å². The van der Waals surface area contributed by atoms with E-state index in [0.29, 0.717) is 42.0 Å². The maximum absolute atomic E-state index is 15.2. The summed E-state index contributed by atoms with van der Waals surface area (Å²) in [5.74, 6) is -1.73. The average Bonchev–Trinajstić information content (AvgIpc) is 3.27. The highest BCUT2D eigenvalue weighted by Crippen LogP contribution is 2.46. The van der Waals surface area contributed by atoms with Crippen molar-refractivity contribution >= 4 is 17.6 Å². The highest BCUT2D eigenvalue weighted by atomic mass is 19.4. The normalized spacial score (nSPS) is 19.8. The Morgan fingerprint density at radius 3 is 2.31 bits per heavy atom. The molecule has 2 aliphatic rings. The summed E-state index contributed by atoms with van der Waals surface area (Å²) in [5, 5.41) is 0. The summed E-state index contributed by atoms with van der Waals surface area (Å²) in [4.78, 5) is 26.6. The molecule has 0 aromatic heterocycles. The Morgan fingerprint density at radius 1 is 0.979 bits per heavy atom. The van der Waals surface area contributed by atoms with Gasteiger partial charge in [0.2, 0.25) is 0 Å². The lowest BCUT2D eigenvalue weighted by molar-refractivity contribution is -0.138. The molecule has 5 rings (SSSR count). The zero-order chi connectivity index (χ0) is 35.3. The molecule has 1 aliphatic carbocycles. The Labute approximate surface area is 273 Å². The van der Waals surface area contributed by atoms with Gasteiger partial charge in [-0.15, -0.1) is 0 Å². The maximum atomic E-state index is 15.2. The van der Waals surface area contributed by atoms with E-state index in [1.165, 1.54) is 30.0 Å². The predicted octanol–water partition coefficient (Wildman–Crippen LogP) is 10.2. The zero-order valence-corrected chi connectivity index (χ0v) is 26.9. The molecule has 3 aromatic rings. The minimum Gasteiger partial charge on any atom is -0.465 e. The quantitative estimate of drug-likeness (QED) is 0.193. The molecule has 0 radical (unpaired) electrons. The third kappa shape index (κ3) is 7.22. The topological polar surface area (TPSA) is 55.8 Å². The van der Waals surface area contributed by atoms with Gasteiger partial charge in [0.05, 0.1) is 29.8 Å². The Balaban J connectivity index is 1.55. The van der Waals surface area contributed by atoms with Crippen molar-refractivity contribution in [2.45, 2.75) is 71.5 Å². The van der Waals surface area contributed by atoms with Gasteiger partial charge in [-0.05, 0) is 114 Å². The first kappa shape index (κ1) is 35.0. The second-order valence-corrected chi connectivity index (χ2v) is 13.2. The predicted molar refractivity (Wildman–Crippen MR) is 164 cm³/mol. The van der Waals surface area contributed by atoms with E-state index in [9.17, 15) is 35.9 Å². The summed E-state index contributed by atoms with van der Waals surface area (Å²) in [5.41, 5.74) is -0.609. The molecule has 256 valence electrons. The van der Waals surface area contributed by atoms with Gasteiger partial charge < -0.3 is 9.47 Å². The van der Waals surface area contributed by atoms with Gasteiger partial charge in [-0.25, -0.2) is 14.0 Å². The Hall–Kier alpha value is -4.35. The number of amides is 1. The molecule has 48 heavy (non-hydrogen) atoms. The zero-order valence-electron chi connectivity index (χ0n) is 26.9. The second-order valence-electron chi connectivity index (χ2n) is 13.2. The largest absolute Gasteiger partial charge is 0.465 e. The highest BCUT2D eigenvalue weighted by molar-refractivity contribution is 5.91. The van der Waals surface area contributed by atoms with Gasteiger partial charge in [0.25, 0.3) is 0 Å². The molecule has 0 saturated carbocycles. The lowest BCUT2D eigenvalue weighted by atomic mass is 9.72. The molecule has 1 amide bonds. The summed E-state index contributed by atoms with van der Waals surface area (Å²) in [6.07, 6.45) is -9.58. The number of methoxy groups -OCH3 is 1. The summed E-state index contributed by atoms with van der Waals surface area (Å²) >= 11 is 0. The third-order valence-corrected chi connectivity index (χ3v) is 8.98. The SMILES string of the molecule is COC(=O)c1ccc(-c2cc(F)cc(C3=C(CN4C(=O)O[C@H](c5cc(C)cc(C(F)(F)F)c5)[C@@H]4C)CC(C)(C)CC3)c2)c(C(F)(F)F)c1. The molecule has 3 aromatic carbocycles. The van der Waals surface area contributed by atoms with Crippen molar-refractivity contribution in [2.24, 2.45) is 5.41 Å². The average molecular weight is 678 g/mol. The molecule has 1 fully saturated rings. The highest BCUT2D eigenvalue weighted by Gasteiger charge is 2.42. The lowest BCUT2D eigenvalue weighted by Gasteiger charge is -2.35. The van der Waals surface area contributed by atoms with E-state index < -0.39 is 53.5 Å². The number of aryl methyl sites for hydroxylation is 1. The smallest absolute Gasteiger partial charge is 0.417 e. The number of carbonyl (C=O) groups excluding carboxylic acids is 2. The number of alkyl halides is 6. The van der Waals surface area contributed by atoms with Crippen molar-refractivity contribution in [3.8, 4) is 11.1 Å². The van der Waals surface area contributed by atoms with Crippen molar-refractivity contribution in [1.82, 2.24) is 4.90 Å². The number of benzene rings is 3. The second kappa shape index (κ2) is 12.6. The first-order chi connectivity index (χ1) is 22.3. The molecule has 0 spiro atoms. The number of hydrogen-bond acceptors (Lipinski definition) is 4. The molecule has 0 bridgehead atoms. The van der Waals surface area contributed by atoms with Crippen LogP contribution in [-0.4, -0.2) is 36.7 Å². The standard InChI is InChI=1S/C36H34F7NO4/c1-19-10-24(13-26(11-19)35(38,39)40)31-20(2)44(33(46)48-31)18-25-17-34(3,4)9-8-28(25)22-12-23(15-27(37)14-22)29-7-6-21(32(45)47-5)16-30(29)36(41,42)43/h6-7,10-16,20,31H,8-9,17-18H2,1-5H3/t20-,31-/m0/s1. The Morgan fingerprint density at radius 2 is 1.67 bits per heavy atom. The molecule has 1 heterocycles. The Bertz CT molecular complexity index is 1790. The Kier molecular flexibility index (Phi) is 9.17. The molecule has 1 aliphatic heterocycles. The number of allylic oxidation sites excluding steroid dienone is 1. The van der Waals surface area contributed by atoms with Gasteiger partial charge in [0, 0.05) is 6.54 Å². The monoisotopic (exact) mass is 677 g/mol. The summed E-state index contributed by atoms with van der Waals surface area (Å²) < 4.78 is 109. The molecule has 2 atom stereocenters. The van der Waals surface area contributed by atoms with E-state index in [1.807, 2.05) is 13.8 Å². The van der Waals surface area contributed by atoms with Crippen LogP contribution in [0.5, 0.6) is 0 Å². The molecule has 0 N–H and O–H groups in total. The first-order valence-electron chi connectivity index (χ1n) is 15.3. The van der Waals surface area contributed by atoms with Gasteiger partial charge in [-0.2, -0.15) is 26.3 Å². The fraction of sp³-hybridized carbons (Fsp3) is 0.389. The van der Waals surface area contributed by atoms with Crippen LogP contribution in [-0.2, 0) is 21.8 Å². The van der Waals surface area contributed by atoms with Crippen molar-refractivity contribution in [3.05, 3.63) is 99.4 Å². The van der Waals surface area contributed by atoms with Crippen LogP contribution in [0.15, 0.2) is 60.2 Å². The number of cyclic esters (lactones) is 1. The van der Waals surface area contributed by atoms with Gasteiger partial charge in [-0.1, -0.05) is 31.5 Å². The molecule has 1 saturated heterocycles. The lowest BCUT2D eigenvalue weighted by Crippen LogP contribution is -2.35. The number of hydrogen-bond donors (Lipinski definition) is 0. The molecule has 12 heteroatoms. The third-order valence-electron chi connectivity index (χ3n) is 8.98.